The average Bonchev–Trinajstić information content (AvgIpc) is 2.53. The number of aromatic amines is 1. The normalized spacial score (nSPS) is 11.3. The largest absolute Gasteiger partial charge is 0.478 e. The maximum absolute atomic E-state index is 12.6. The fourth-order valence-corrected chi connectivity index (χ4v) is 2.54. The minimum atomic E-state index is -1.13. The van der Waals surface area contributed by atoms with Crippen molar-refractivity contribution in [3.8, 4) is 0 Å². The minimum Gasteiger partial charge on any atom is -0.478 e. The molecule has 0 saturated heterocycles. The molecule has 0 saturated carbocycles. The monoisotopic (exact) mass is 373 g/mol. The average molecular weight is 373 g/mol. The van der Waals surface area contributed by atoms with Crippen LogP contribution in [-0.2, 0) is 16.8 Å². The van der Waals surface area contributed by atoms with E-state index < -0.39 is 17.4 Å². The number of aromatic nitrogens is 2. The van der Waals surface area contributed by atoms with E-state index in [0.29, 0.717) is 17.1 Å². The number of H-pyrrole nitrogens is 1. The third-order valence-corrected chi connectivity index (χ3v) is 3.85. The molecule has 0 spiro atoms. The number of aryl methyl sites for hydroxylation is 1. The highest BCUT2D eigenvalue weighted by Gasteiger charge is 2.22. The van der Waals surface area contributed by atoms with Gasteiger partial charge in [0.25, 0.3) is 11.5 Å². The Balaban J connectivity index is 2.40. The Morgan fingerprint density at radius 1 is 1.26 bits per heavy atom. The Bertz CT molecular complexity index is 941. The number of nitrogens with one attached hydrogen (secondary N) is 2. The summed E-state index contributed by atoms with van der Waals surface area (Å²) in [4.78, 5) is 43.3. The van der Waals surface area contributed by atoms with Crippen molar-refractivity contribution in [1.29, 1.82) is 0 Å². The molecule has 0 unspecified atom stereocenters. The number of anilines is 1. The molecule has 0 fully saturated rings. The number of amides is 1. The van der Waals surface area contributed by atoms with Crippen molar-refractivity contribution < 1.29 is 19.4 Å². The number of rotatable bonds is 5. The van der Waals surface area contributed by atoms with Gasteiger partial charge in [-0.2, -0.15) is 0 Å². The molecule has 0 radical (unpaired) electrons. The minimum absolute atomic E-state index is 0.00619. The van der Waals surface area contributed by atoms with Crippen LogP contribution in [0.5, 0.6) is 0 Å². The first-order valence-electron chi connectivity index (χ1n) is 8.32. The highest BCUT2D eigenvalue weighted by molar-refractivity contribution is 6.05. The number of carbonyl (C=O) groups is 2. The van der Waals surface area contributed by atoms with E-state index in [2.05, 4.69) is 15.3 Å². The number of methoxy groups -OCH3 is 1. The zero-order chi connectivity index (χ0) is 20.4. The van der Waals surface area contributed by atoms with Crippen LogP contribution in [0.2, 0.25) is 0 Å². The lowest BCUT2D eigenvalue weighted by Crippen LogP contribution is -2.30. The van der Waals surface area contributed by atoms with Crippen molar-refractivity contribution in [2.24, 2.45) is 0 Å². The van der Waals surface area contributed by atoms with Crippen LogP contribution in [0, 0.1) is 6.92 Å². The Kier molecular flexibility index (Phi) is 5.80. The molecular formula is C19H23N3O5. The van der Waals surface area contributed by atoms with Gasteiger partial charge in [-0.15, -0.1) is 0 Å². The highest BCUT2D eigenvalue weighted by atomic mass is 16.5. The van der Waals surface area contributed by atoms with E-state index in [4.69, 9.17) is 4.74 Å². The first-order chi connectivity index (χ1) is 12.5. The molecular weight excluding hydrogens is 350 g/mol. The van der Waals surface area contributed by atoms with Gasteiger partial charge in [-0.3, -0.25) is 9.59 Å². The highest BCUT2D eigenvalue weighted by Crippen LogP contribution is 2.19. The number of ether oxygens (including phenoxy) is 1. The second kappa shape index (κ2) is 7.71. The first-order valence-corrected chi connectivity index (χ1v) is 8.32. The van der Waals surface area contributed by atoms with Crippen LogP contribution in [0.3, 0.4) is 0 Å². The van der Waals surface area contributed by atoms with Gasteiger partial charge in [0.05, 0.1) is 17.9 Å². The van der Waals surface area contributed by atoms with Crippen molar-refractivity contribution in [2.45, 2.75) is 39.7 Å². The second-order valence-corrected chi connectivity index (χ2v) is 7.24. The molecule has 0 bridgehead atoms. The van der Waals surface area contributed by atoms with Crippen LogP contribution in [0.1, 0.15) is 58.6 Å². The predicted octanol–water partition coefficient (Wildman–Crippen LogP) is 2.47. The number of hydrogen-bond donors (Lipinski definition) is 3. The molecule has 0 aliphatic carbocycles. The molecule has 2 rings (SSSR count). The molecule has 2 aromatic rings. The summed E-state index contributed by atoms with van der Waals surface area (Å²) >= 11 is 0. The predicted molar refractivity (Wildman–Crippen MR) is 100 cm³/mol. The van der Waals surface area contributed by atoms with E-state index in [0.717, 1.165) is 0 Å². The summed E-state index contributed by atoms with van der Waals surface area (Å²) in [6.07, 6.45) is 0. The molecule has 3 N–H and O–H groups in total. The summed E-state index contributed by atoms with van der Waals surface area (Å²) < 4.78 is 5.02. The van der Waals surface area contributed by atoms with Crippen LogP contribution < -0.4 is 10.9 Å². The van der Waals surface area contributed by atoms with E-state index in [9.17, 15) is 19.5 Å². The van der Waals surface area contributed by atoms with Crippen molar-refractivity contribution >= 4 is 17.6 Å². The van der Waals surface area contributed by atoms with E-state index in [1.807, 2.05) is 20.8 Å². The Morgan fingerprint density at radius 3 is 2.44 bits per heavy atom. The molecule has 1 amide bonds. The molecule has 8 nitrogen and oxygen atoms in total. The summed E-state index contributed by atoms with van der Waals surface area (Å²) in [6, 6.07) is 4.37. The topological polar surface area (TPSA) is 121 Å². The van der Waals surface area contributed by atoms with Gasteiger partial charge in [0.15, 0.2) is 0 Å². The first kappa shape index (κ1) is 20.3. The number of nitrogens with zero attached hydrogens (tertiary/aromatic N) is 1. The smallest absolute Gasteiger partial charge is 0.335 e. The molecule has 144 valence electrons. The summed E-state index contributed by atoms with van der Waals surface area (Å²) in [5.41, 5.74) is 0.113. The summed E-state index contributed by atoms with van der Waals surface area (Å²) in [6.45, 7) is 7.48. The SMILES string of the molecule is COCc1cc(NC(=O)c2c(C)nc(C(C)(C)C)[nH]c2=O)cc(C(=O)O)c1. The van der Waals surface area contributed by atoms with Crippen molar-refractivity contribution in [1.82, 2.24) is 9.97 Å². The van der Waals surface area contributed by atoms with Gasteiger partial charge in [0.2, 0.25) is 0 Å². The number of hydrogen-bond acceptors (Lipinski definition) is 5. The number of carbonyl (C=O) groups excluding carboxylic acids is 1. The Morgan fingerprint density at radius 2 is 1.93 bits per heavy atom. The number of aromatic carboxylic acids is 1. The van der Waals surface area contributed by atoms with Gasteiger partial charge in [-0.05, 0) is 30.7 Å². The lowest BCUT2D eigenvalue weighted by molar-refractivity contribution is 0.0696. The zero-order valence-electron chi connectivity index (χ0n) is 16.0. The molecule has 1 heterocycles. The van der Waals surface area contributed by atoms with Crippen molar-refractivity contribution in [3.63, 3.8) is 0 Å². The zero-order valence-corrected chi connectivity index (χ0v) is 16.0. The summed E-state index contributed by atoms with van der Waals surface area (Å²) in [5.74, 6) is -1.31. The fraction of sp³-hybridized carbons (Fsp3) is 0.368. The lowest BCUT2D eigenvalue weighted by Gasteiger charge is -2.18. The van der Waals surface area contributed by atoms with Crippen LogP contribution in [0.25, 0.3) is 0 Å². The van der Waals surface area contributed by atoms with E-state index >= 15 is 0 Å². The van der Waals surface area contributed by atoms with Gasteiger partial charge >= 0.3 is 5.97 Å². The second-order valence-electron chi connectivity index (χ2n) is 7.24. The fourth-order valence-electron chi connectivity index (χ4n) is 2.54. The molecule has 8 heteroatoms. The van der Waals surface area contributed by atoms with Crippen molar-refractivity contribution in [3.05, 3.63) is 56.8 Å². The summed E-state index contributed by atoms with van der Waals surface area (Å²) in [7, 11) is 1.48. The van der Waals surface area contributed by atoms with Crippen LogP contribution >= 0.6 is 0 Å². The quantitative estimate of drug-likeness (QED) is 0.740. The third kappa shape index (κ3) is 4.79. The maximum Gasteiger partial charge on any atom is 0.335 e. The van der Waals surface area contributed by atoms with Crippen molar-refractivity contribution in [2.75, 3.05) is 12.4 Å². The maximum atomic E-state index is 12.6. The molecule has 0 aliphatic heterocycles. The van der Waals surface area contributed by atoms with Gasteiger partial charge in [-0.1, -0.05) is 20.8 Å². The molecule has 1 aromatic carbocycles. The van der Waals surface area contributed by atoms with Gasteiger partial charge in [0.1, 0.15) is 11.4 Å². The third-order valence-electron chi connectivity index (χ3n) is 3.85. The van der Waals surface area contributed by atoms with Gasteiger partial charge in [0, 0.05) is 18.2 Å². The lowest BCUT2D eigenvalue weighted by atomic mass is 9.95. The van der Waals surface area contributed by atoms with E-state index in [-0.39, 0.29) is 28.8 Å². The molecule has 0 aliphatic rings. The standard InChI is InChI=1S/C19H23N3O5/c1-10-14(16(24)22-18(20-10)19(2,3)4)15(23)21-13-7-11(9-27-5)6-12(8-13)17(25)26/h6-8H,9H2,1-5H3,(H,21,23)(H,25,26)(H,20,22,24). The number of carboxylic acid groups (broad SMARTS) is 1. The van der Waals surface area contributed by atoms with E-state index in [1.54, 1.807) is 13.0 Å². The Hall–Kier alpha value is -3.00. The summed E-state index contributed by atoms with van der Waals surface area (Å²) in [5, 5.41) is 11.8. The Labute approximate surface area is 156 Å². The number of carboxylic acids is 1. The van der Waals surface area contributed by atoms with Crippen LogP contribution in [-0.4, -0.2) is 34.1 Å². The molecule has 0 atom stereocenters. The van der Waals surface area contributed by atoms with Gasteiger partial charge in [-0.25, -0.2) is 9.78 Å². The van der Waals surface area contributed by atoms with Crippen LogP contribution in [0.4, 0.5) is 5.69 Å². The molecule has 27 heavy (non-hydrogen) atoms. The number of benzene rings is 1. The van der Waals surface area contributed by atoms with Crippen LogP contribution in [0.15, 0.2) is 23.0 Å². The molecule has 1 aromatic heterocycles. The van der Waals surface area contributed by atoms with Gasteiger partial charge < -0.3 is 20.1 Å². The van der Waals surface area contributed by atoms with E-state index in [1.165, 1.54) is 19.2 Å².